The minimum absolute atomic E-state index is 0.0645. The van der Waals surface area contributed by atoms with Crippen molar-refractivity contribution in [2.24, 2.45) is 0 Å². The molecule has 0 saturated carbocycles. The lowest BCUT2D eigenvalue weighted by atomic mass is 9.96. The largest absolute Gasteiger partial charge is 0.434 e. The molecule has 4 heteroatoms. The van der Waals surface area contributed by atoms with Crippen molar-refractivity contribution in [1.82, 2.24) is 0 Å². The minimum Gasteiger partial charge on any atom is -0.434 e. The molecule has 0 N–H and O–H groups in total. The Balaban J connectivity index is 2.13. The fourth-order valence-corrected chi connectivity index (χ4v) is 3.40. The molecule has 0 aliphatic heterocycles. The average molecular weight is 384 g/mol. The van der Waals surface area contributed by atoms with Crippen LogP contribution >= 0.6 is 0 Å². The van der Waals surface area contributed by atoms with Crippen LogP contribution in [0, 0.1) is 5.82 Å². The quantitative estimate of drug-likeness (QED) is 0.370. The van der Waals surface area contributed by atoms with E-state index in [9.17, 15) is 8.78 Å². The molecule has 0 heterocycles. The maximum Gasteiger partial charge on any atom is 0.387 e. The van der Waals surface area contributed by atoms with E-state index < -0.39 is 12.4 Å². The lowest BCUT2D eigenvalue weighted by Crippen LogP contribution is -2.05. The smallest absolute Gasteiger partial charge is 0.387 e. The fraction of sp³-hybridized carbons (Fsp3) is 0.250. The molecule has 3 aromatic carbocycles. The summed E-state index contributed by atoms with van der Waals surface area (Å²) in [6.45, 7) is 2.75. The van der Waals surface area contributed by atoms with E-state index in [0.29, 0.717) is 16.3 Å². The van der Waals surface area contributed by atoms with Gasteiger partial charge in [-0.3, -0.25) is 0 Å². The average Bonchev–Trinajstić information content (AvgIpc) is 2.67. The van der Waals surface area contributed by atoms with E-state index >= 15 is 4.39 Å². The zero-order valence-electron chi connectivity index (χ0n) is 15.9. The van der Waals surface area contributed by atoms with Crippen LogP contribution in [-0.2, 0) is 12.8 Å². The number of aryl methyl sites for hydroxylation is 2. The molecule has 0 aromatic heterocycles. The Hall–Kier alpha value is -2.75. The topological polar surface area (TPSA) is 9.23 Å². The number of hydrogen-bond acceptors (Lipinski definition) is 1. The summed E-state index contributed by atoms with van der Waals surface area (Å²) in [6, 6.07) is 14.2. The third-order valence-electron chi connectivity index (χ3n) is 4.74. The second-order valence-electron chi connectivity index (χ2n) is 6.77. The summed E-state index contributed by atoms with van der Waals surface area (Å²) in [5.74, 6) is -0.698. The van der Waals surface area contributed by atoms with E-state index in [1.807, 2.05) is 24.3 Å². The number of halogens is 3. The second-order valence-corrected chi connectivity index (χ2v) is 6.77. The molecule has 28 heavy (non-hydrogen) atoms. The molecule has 0 bridgehead atoms. The van der Waals surface area contributed by atoms with Gasteiger partial charge in [-0.05, 0) is 47.4 Å². The number of alkyl halides is 2. The second kappa shape index (κ2) is 8.96. The number of rotatable bonds is 8. The highest BCUT2D eigenvalue weighted by atomic mass is 19.3. The van der Waals surface area contributed by atoms with Crippen LogP contribution in [0.1, 0.15) is 30.9 Å². The number of hydrogen-bond donors (Lipinski definition) is 0. The van der Waals surface area contributed by atoms with Gasteiger partial charge in [0.25, 0.3) is 0 Å². The Labute approximate surface area is 163 Å². The van der Waals surface area contributed by atoms with Crippen LogP contribution in [0.4, 0.5) is 13.2 Å². The van der Waals surface area contributed by atoms with Crippen LogP contribution in [0.5, 0.6) is 5.75 Å². The van der Waals surface area contributed by atoms with Crippen molar-refractivity contribution in [3.8, 4) is 16.9 Å². The molecular formula is C24H23F3O. The van der Waals surface area contributed by atoms with Gasteiger partial charge in [-0.2, -0.15) is 8.78 Å². The number of allylic oxidation sites excluding steroid dienone is 1. The highest BCUT2D eigenvalue weighted by Gasteiger charge is 2.19. The summed E-state index contributed by atoms with van der Waals surface area (Å²) >= 11 is 0. The normalized spacial score (nSPS) is 11.2. The van der Waals surface area contributed by atoms with Gasteiger partial charge in [0.05, 0.1) is 5.56 Å². The third-order valence-corrected chi connectivity index (χ3v) is 4.74. The van der Waals surface area contributed by atoms with Crippen LogP contribution in [0.25, 0.3) is 21.9 Å². The van der Waals surface area contributed by atoms with Gasteiger partial charge in [-0.25, -0.2) is 4.39 Å². The molecule has 0 radical (unpaired) electrons. The van der Waals surface area contributed by atoms with Crippen molar-refractivity contribution in [1.29, 1.82) is 0 Å². The molecule has 0 unspecified atom stereocenters. The molecule has 146 valence electrons. The van der Waals surface area contributed by atoms with Crippen LogP contribution in [-0.4, -0.2) is 6.61 Å². The molecular weight excluding hydrogens is 361 g/mol. The zero-order valence-corrected chi connectivity index (χ0v) is 15.9. The highest BCUT2D eigenvalue weighted by molar-refractivity contribution is 5.92. The fourth-order valence-electron chi connectivity index (χ4n) is 3.40. The van der Waals surface area contributed by atoms with Gasteiger partial charge in [0.15, 0.2) is 0 Å². The summed E-state index contributed by atoms with van der Waals surface area (Å²) < 4.78 is 46.1. The van der Waals surface area contributed by atoms with Crippen molar-refractivity contribution < 1.29 is 17.9 Å². The van der Waals surface area contributed by atoms with Gasteiger partial charge in [-0.1, -0.05) is 61.9 Å². The van der Waals surface area contributed by atoms with E-state index in [2.05, 4.69) is 13.5 Å². The first-order valence-electron chi connectivity index (χ1n) is 9.43. The van der Waals surface area contributed by atoms with Crippen LogP contribution in [0.15, 0.2) is 61.2 Å². The summed E-state index contributed by atoms with van der Waals surface area (Å²) in [5, 5.41) is 0.928. The summed E-state index contributed by atoms with van der Waals surface area (Å²) in [4.78, 5) is 0. The predicted molar refractivity (Wildman–Crippen MR) is 108 cm³/mol. The molecule has 0 amide bonds. The Morgan fingerprint density at radius 1 is 1.00 bits per heavy atom. The Kier molecular flexibility index (Phi) is 6.40. The van der Waals surface area contributed by atoms with Gasteiger partial charge in [0.1, 0.15) is 11.6 Å². The van der Waals surface area contributed by atoms with Crippen molar-refractivity contribution >= 4 is 10.8 Å². The van der Waals surface area contributed by atoms with Crippen molar-refractivity contribution in [2.45, 2.75) is 39.2 Å². The number of benzene rings is 3. The highest BCUT2D eigenvalue weighted by Crippen LogP contribution is 2.39. The van der Waals surface area contributed by atoms with E-state index in [1.165, 1.54) is 6.07 Å². The monoisotopic (exact) mass is 384 g/mol. The summed E-state index contributed by atoms with van der Waals surface area (Å²) in [5.41, 5.74) is 2.70. The van der Waals surface area contributed by atoms with Gasteiger partial charge in [-0.15, -0.1) is 6.58 Å². The van der Waals surface area contributed by atoms with Crippen molar-refractivity contribution in [2.75, 3.05) is 0 Å². The first-order chi connectivity index (χ1) is 13.5. The van der Waals surface area contributed by atoms with Crippen LogP contribution < -0.4 is 4.74 Å². The van der Waals surface area contributed by atoms with E-state index in [0.717, 1.165) is 36.8 Å². The number of fused-ring (bicyclic) bond motifs is 1. The van der Waals surface area contributed by atoms with Crippen molar-refractivity contribution in [3.05, 3.63) is 78.1 Å². The first-order valence-corrected chi connectivity index (χ1v) is 9.43. The molecule has 1 nitrogen and oxygen atoms in total. The standard InChI is InChI=1S/C24H23F3O/c1-3-5-7-17-10-13-20-19(14-17)15-21(28-24(26)27)22(23(20)25)18-11-8-16(6-4-2)9-12-18/h3,8-15,24H,1,4-7H2,2H3. The molecule has 3 rings (SSSR count). The van der Waals surface area contributed by atoms with Crippen LogP contribution in [0.2, 0.25) is 0 Å². The Bertz CT molecular complexity index is 962. The predicted octanol–water partition coefficient (Wildman–Crippen LogP) is 7.32. The minimum atomic E-state index is -3.03. The molecule has 0 saturated heterocycles. The van der Waals surface area contributed by atoms with Crippen molar-refractivity contribution in [3.63, 3.8) is 0 Å². The van der Waals surface area contributed by atoms with Gasteiger partial charge in [0.2, 0.25) is 0 Å². The zero-order chi connectivity index (χ0) is 20.1. The summed E-state index contributed by atoms with van der Waals surface area (Å²) in [6.07, 6.45) is 5.26. The molecule has 0 atom stereocenters. The molecule has 0 aliphatic carbocycles. The summed E-state index contributed by atoms with van der Waals surface area (Å²) in [7, 11) is 0. The van der Waals surface area contributed by atoms with Gasteiger partial charge in [0, 0.05) is 5.39 Å². The lowest BCUT2D eigenvalue weighted by Gasteiger charge is -2.15. The molecule has 3 aromatic rings. The Morgan fingerprint density at radius 2 is 1.71 bits per heavy atom. The lowest BCUT2D eigenvalue weighted by molar-refractivity contribution is -0.0494. The van der Waals surface area contributed by atoms with Crippen LogP contribution in [0.3, 0.4) is 0 Å². The molecule has 0 aliphatic rings. The maximum atomic E-state index is 15.4. The number of ether oxygens (including phenoxy) is 1. The molecule has 0 spiro atoms. The Morgan fingerprint density at radius 3 is 2.36 bits per heavy atom. The SMILES string of the molecule is C=CCCc1ccc2c(F)c(-c3ccc(CCC)cc3)c(OC(F)F)cc2c1. The van der Waals surface area contributed by atoms with E-state index in [1.54, 1.807) is 24.3 Å². The first kappa shape index (κ1) is 20.0. The maximum absolute atomic E-state index is 15.4. The van der Waals surface area contributed by atoms with Gasteiger partial charge >= 0.3 is 6.61 Å². The third kappa shape index (κ3) is 4.38. The van der Waals surface area contributed by atoms with E-state index in [-0.39, 0.29) is 11.3 Å². The van der Waals surface area contributed by atoms with Gasteiger partial charge < -0.3 is 4.74 Å². The molecule has 0 fully saturated rings. The van der Waals surface area contributed by atoms with E-state index in [4.69, 9.17) is 4.74 Å².